The van der Waals surface area contributed by atoms with E-state index in [4.69, 9.17) is 0 Å². The molecule has 0 radical (unpaired) electrons. The lowest BCUT2D eigenvalue weighted by molar-refractivity contribution is -0.135. The molecule has 3 heterocycles. The summed E-state index contributed by atoms with van der Waals surface area (Å²) in [6, 6.07) is 1.41. The van der Waals surface area contributed by atoms with Crippen molar-refractivity contribution in [2.24, 2.45) is 0 Å². The zero-order valence-electron chi connectivity index (χ0n) is 13.3. The van der Waals surface area contributed by atoms with Gasteiger partial charge in [-0.25, -0.2) is 18.4 Å². The van der Waals surface area contributed by atoms with Crippen molar-refractivity contribution in [3.63, 3.8) is 0 Å². The summed E-state index contributed by atoms with van der Waals surface area (Å²) < 4.78 is 25.0. The van der Waals surface area contributed by atoms with Gasteiger partial charge in [0.05, 0.1) is 6.26 Å². The molecule has 0 saturated carbocycles. The highest BCUT2D eigenvalue weighted by molar-refractivity contribution is 7.88. The molecule has 0 unspecified atom stereocenters. The van der Waals surface area contributed by atoms with Crippen LogP contribution in [0.4, 0.5) is 0 Å². The SMILES string of the molecule is CS(=O)(=O)N1CCC[C@H]1C(=O)N1CCC(c2ccncn2)CC1. The second kappa shape index (κ2) is 6.52. The van der Waals surface area contributed by atoms with Crippen molar-refractivity contribution in [2.75, 3.05) is 25.9 Å². The lowest BCUT2D eigenvalue weighted by Gasteiger charge is -2.34. The van der Waals surface area contributed by atoms with E-state index in [2.05, 4.69) is 9.97 Å². The Labute approximate surface area is 136 Å². The van der Waals surface area contributed by atoms with Crippen molar-refractivity contribution in [2.45, 2.75) is 37.6 Å². The van der Waals surface area contributed by atoms with Crippen molar-refractivity contribution in [3.8, 4) is 0 Å². The highest BCUT2D eigenvalue weighted by Crippen LogP contribution is 2.28. The van der Waals surface area contributed by atoms with Crippen LogP contribution in [0.3, 0.4) is 0 Å². The molecule has 1 atom stereocenters. The largest absolute Gasteiger partial charge is 0.341 e. The third kappa shape index (κ3) is 3.53. The molecule has 7 nitrogen and oxygen atoms in total. The molecule has 2 aliphatic heterocycles. The molecule has 1 aromatic rings. The molecule has 23 heavy (non-hydrogen) atoms. The van der Waals surface area contributed by atoms with Gasteiger partial charge in [0, 0.05) is 37.4 Å². The lowest BCUT2D eigenvalue weighted by atomic mass is 9.93. The van der Waals surface area contributed by atoms with Crippen LogP contribution in [0.2, 0.25) is 0 Å². The molecule has 2 aliphatic rings. The maximum atomic E-state index is 12.7. The number of piperidine rings is 1. The minimum Gasteiger partial charge on any atom is -0.341 e. The number of nitrogens with zero attached hydrogens (tertiary/aromatic N) is 4. The van der Waals surface area contributed by atoms with Gasteiger partial charge in [-0.1, -0.05) is 0 Å². The standard InChI is InChI=1S/C15H22N4O3S/c1-23(21,22)19-8-2-3-14(19)15(20)18-9-5-12(6-10-18)13-4-7-16-11-17-13/h4,7,11-12,14H,2-3,5-6,8-10H2,1H3/t14-/m0/s1. The van der Waals surface area contributed by atoms with Gasteiger partial charge in [-0.15, -0.1) is 0 Å². The molecular formula is C15H22N4O3S. The van der Waals surface area contributed by atoms with Crippen LogP contribution in [-0.2, 0) is 14.8 Å². The van der Waals surface area contributed by atoms with E-state index >= 15 is 0 Å². The molecule has 0 aliphatic carbocycles. The maximum Gasteiger partial charge on any atom is 0.241 e. The minimum atomic E-state index is -3.32. The number of aromatic nitrogens is 2. The number of sulfonamides is 1. The van der Waals surface area contributed by atoms with Gasteiger partial charge >= 0.3 is 0 Å². The Balaban J connectivity index is 1.62. The molecule has 0 N–H and O–H groups in total. The Morgan fingerprint density at radius 1 is 1.22 bits per heavy atom. The molecule has 126 valence electrons. The van der Waals surface area contributed by atoms with E-state index in [-0.39, 0.29) is 5.91 Å². The van der Waals surface area contributed by atoms with E-state index in [0.29, 0.717) is 32.0 Å². The highest BCUT2D eigenvalue weighted by atomic mass is 32.2. The zero-order chi connectivity index (χ0) is 16.4. The van der Waals surface area contributed by atoms with Gasteiger partial charge in [-0.2, -0.15) is 4.31 Å². The number of carbonyl (C=O) groups excluding carboxylic acids is 1. The number of amides is 1. The van der Waals surface area contributed by atoms with E-state index in [1.807, 2.05) is 11.0 Å². The number of rotatable bonds is 3. The normalized spacial score (nSPS) is 24.0. The molecule has 1 amide bonds. The van der Waals surface area contributed by atoms with Gasteiger partial charge in [0.15, 0.2) is 0 Å². The van der Waals surface area contributed by atoms with Crippen molar-refractivity contribution >= 4 is 15.9 Å². The summed E-state index contributed by atoms with van der Waals surface area (Å²) in [5, 5.41) is 0. The smallest absolute Gasteiger partial charge is 0.241 e. The summed E-state index contributed by atoms with van der Waals surface area (Å²) in [4.78, 5) is 22.7. The summed E-state index contributed by atoms with van der Waals surface area (Å²) in [7, 11) is -3.32. The molecule has 0 spiro atoms. The van der Waals surface area contributed by atoms with E-state index in [0.717, 1.165) is 25.0 Å². The first kappa shape index (κ1) is 16.3. The summed E-state index contributed by atoms with van der Waals surface area (Å²) in [5.74, 6) is 0.297. The van der Waals surface area contributed by atoms with Gasteiger partial charge in [-0.3, -0.25) is 4.79 Å². The first-order chi connectivity index (χ1) is 11.0. The Morgan fingerprint density at radius 3 is 2.57 bits per heavy atom. The summed E-state index contributed by atoms with van der Waals surface area (Å²) >= 11 is 0. The Bertz CT molecular complexity index is 657. The molecule has 2 fully saturated rings. The molecule has 8 heteroatoms. The van der Waals surface area contributed by atoms with Crippen molar-refractivity contribution in [1.29, 1.82) is 0 Å². The van der Waals surface area contributed by atoms with E-state index in [9.17, 15) is 13.2 Å². The number of likely N-dealkylation sites (tertiary alicyclic amines) is 1. The van der Waals surface area contributed by atoms with E-state index < -0.39 is 16.1 Å². The van der Waals surface area contributed by atoms with Crippen LogP contribution < -0.4 is 0 Å². The van der Waals surface area contributed by atoms with Crippen LogP contribution >= 0.6 is 0 Å². The number of hydrogen-bond acceptors (Lipinski definition) is 5. The quantitative estimate of drug-likeness (QED) is 0.806. The van der Waals surface area contributed by atoms with Crippen molar-refractivity contribution in [1.82, 2.24) is 19.2 Å². The lowest BCUT2D eigenvalue weighted by Crippen LogP contribution is -2.49. The van der Waals surface area contributed by atoms with Gasteiger partial charge in [0.1, 0.15) is 12.4 Å². The highest BCUT2D eigenvalue weighted by Gasteiger charge is 2.39. The molecule has 3 rings (SSSR count). The molecule has 0 bridgehead atoms. The average molecular weight is 338 g/mol. The molecule has 1 aromatic heterocycles. The van der Waals surface area contributed by atoms with Crippen molar-refractivity contribution in [3.05, 3.63) is 24.3 Å². The summed E-state index contributed by atoms with van der Waals surface area (Å²) in [6.45, 7) is 1.76. The first-order valence-electron chi connectivity index (χ1n) is 7.98. The molecule has 0 aromatic carbocycles. The predicted molar refractivity (Wildman–Crippen MR) is 85.2 cm³/mol. The average Bonchev–Trinajstić information content (AvgIpc) is 3.05. The fraction of sp³-hybridized carbons (Fsp3) is 0.667. The Hall–Kier alpha value is -1.54. The van der Waals surface area contributed by atoms with E-state index in [1.165, 1.54) is 10.6 Å². The number of hydrogen-bond donors (Lipinski definition) is 0. The van der Waals surface area contributed by atoms with Crippen LogP contribution in [0.5, 0.6) is 0 Å². The van der Waals surface area contributed by atoms with Crippen LogP contribution in [0, 0.1) is 0 Å². The minimum absolute atomic E-state index is 0.0472. The monoisotopic (exact) mass is 338 g/mol. The second-order valence-electron chi connectivity index (χ2n) is 6.27. The predicted octanol–water partition coefficient (Wildman–Crippen LogP) is 0.607. The third-order valence-electron chi connectivity index (χ3n) is 4.74. The summed E-state index contributed by atoms with van der Waals surface area (Å²) in [5.41, 5.74) is 1.02. The van der Waals surface area contributed by atoms with E-state index in [1.54, 1.807) is 12.5 Å². The summed E-state index contributed by atoms with van der Waals surface area (Å²) in [6.07, 6.45) is 7.55. The maximum absolute atomic E-state index is 12.7. The van der Waals surface area contributed by atoms with Crippen molar-refractivity contribution < 1.29 is 13.2 Å². The Morgan fingerprint density at radius 2 is 1.96 bits per heavy atom. The van der Waals surface area contributed by atoms with Crippen LogP contribution in [0.1, 0.15) is 37.3 Å². The zero-order valence-corrected chi connectivity index (χ0v) is 14.1. The topological polar surface area (TPSA) is 83.5 Å². The number of carbonyl (C=O) groups is 1. The first-order valence-corrected chi connectivity index (χ1v) is 9.83. The third-order valence-corrected chi connectivity index (χ3v) is 6.03. The van der Waals surface area contributed by atoms with Crippen LogP contribution in [0.15, 0.2) is 18.6 Å². The Kier molecular flexibility index (Phi) is 4.63. The van der Waals surface area contributed by atoms with Gasteiger partial charge < -0.3 is 4.90 Å². The van der Waals surface area contributed by atoms with Gasteiger partial charge in [-0.05, 0) is 31.7 Å². The van der Waals surface area contributed by atoms with Crippen LogP contribution in [0.25, 0.3) is 0 Å². The molecule has 2 saturated heterocycles. The van der Waals surface area contributed by atoms with Crippen LogP contribution in [-0.4, -0.2) is 65.4 Å². The second-order valence-corrected chi connectivity index (χ2v) is 8.20. The fourth-order valence-corrected chi connectivity index (χ4v) is 4.65. The molecular weight excluding hydrogens is 316 g/mol. The fourth-order valence-electron chi connectivity index (χ4n) is 3.53. The van der Waals surface area contributed by atoms with Gasteiger partial charge in [0.25, 0.3) is 0 Å². The van der Waals surface area contributed by atoms with Gasteiger partial charge in [0.2, 0.25) is 15.9 Å².